The van der Waals surface area contributed by atoms with Crippen molar-refractivity contribution in [1.82, 2.24) is 0 Å². The lowest BCUT2D eigenvalue weighted by Crippen LogP contribution is -1.92. The first-order chi connectivity index (χ1) is 8.26. The van der Waals surface area contributed by atoms with Crippen LogP contribution in [0.3, 0.4) is 0 Å². The second kappa shape index (κ2) is 4.58. The Labute approximate surface area is 100 Å². The molecule has 0 fully saturated rings. The molecule has 0 heterocycles. The van der Waals surface area contributed by atoms with Gasteiger partial charge in [-0.3, -0.25) is 0 Å². The highest BCUT2D eigenvalue weighted by Crippen LogP contribution is 2.31. The molecule has 84 valence electrons. The van der Waals surface area contributed by atoms with Gasteiger partial charge in [0, 0.05) is 11.3 Å². The van der Waals surface area contributed by atoms with Crippen molar-refractivity contribution in [2.24, 2.45) is 0 Å². The molecule has 0 atom stereocenters. The normalized spacial score (nSPS) is 9.65. The summed E-state index contributed by atoms with van der Waals surface area (Å²) < 4.78 is 5.29. The third-order valence-corrected chi connectivity index (χ3v) is 2.59. The summed E-state index contributed by atoms with van der Waals surface area (Å²) in [6, 6.07) is 15.1. The first-order valence-corrected chi connectivity index (χ1v) is 5.19. The SMILES string of the molecule is COc1ccccc1-c1ccc(N)c(C#N)c1. The van der Waals surface area contributed by atoms with Gasteiger partial charge in [0.25, 0.3) is 0 Å². The number of nitrogen functional groups attached to an aromatic ring is 1. The minimum atomic E-state index is 0.480. The second-order valence-corrected chi connectivity index (χ2v) is 3.61. The maximum absolute atomic E-state index is 8.96. The van der Waals surface area contributed by atoms with Crippen molar-refractivity contribution in [1.29, 1.82) is 5.26 Å². The lowest BCUT2D eigenvalue weighted by molar-refractivity contribution is 0.416. The van der Waals surface area contributed by atoms with Gasteiger partial charge in [-0.2, -0.15) is 5.26 Å². The van der Waals surface area contributed by atoms with Gasteiger partial charge in [0.2, 0.25) is 0 Å². The fraction of sp³-hybridized carbons (Fsp3) is 0.0714. The van der Waals surface area contributed by atoms with Gasteiger partial charge in [0.1, 0.15) is 11.8 Å². The van der Waals surface area contributed by atoms with Crippen molar-refractivity contribution in [3.63, 3.8) is 0 Å². The Morgan fingerprint density at radius 3 is 2.65 bits per heavy atom. The second-order valence-electron chi connectivity index (χ2n) is 3.61. The van der Waals surface area contributed by atoms with Gasteiger partial charge in [-0.1, -0.05) is 24.3 Å². The van der Waals surface area contributed by atoms with Crippen LogP contribution >= 0.6 is 0 Å². The topological polar surface area (TPSA) is 59.0 Å². The van der Waals surface area contributed by atoms with E-state index >= 15 is 0 Å². The minimum absolute atomic E-state index is 0.480. The molecule has 3 nitrogen and oxygen atoms in total. The largest absolute Gasteiger partial charge is 0.496 e. The summed E-state index contributed by atoms with van der Waals surface area (Å²) >= 11 is 0. The lowest BCUT2D eigenvalue weighted by atomic mass is 10.0. The summed E-state index contributed by atoms with van der Waals surface area (Å²) in [6.07, 6.45) is 0. The predicted octanol–water partition coefficient (Wildman–Crippen LogP) is 2.82. The third kappa shape index (κ3) is 2.06. The Hall–Kier alpha value is -2.47. The maximum Gasteiger partial charge on any atom is 0.126 e. The number of anilines is 1. The number of nitrogens with zero attached hydrogens (tertiary/aromatic N) is 1. The average molecular weight is 224 g/mol. The number of rotatable bonds is 2. The highest BCUT2D eigenvalue weighted by Gasteiger charge is 2.06. The molecule has 0 aliphatic heterocycles. The Morgan fingerprint density at radius 1 is 1.18 bits per heavy atom. The van der Waals surface area contributed by atoms with Crippen molar-refractivity contribution < 1.29 is 4.74 Å². The molecule has 2 aromatic carbocycles. The van der Waals surface area contributed by atoms with E-state index in [2.05, 4.69) is 6.07 Å². The first-order valence-electron chi connectivity index (χ1n) is 5.19. The molecular weight excluding hydrogens is 212 g/mol. The van der Waals surface area contributed by atoms with Crippen molar-refractivity contribution in [2.45, 2.75) is 0 Å². The van der Waals surface area contributed by atoms with E-state index in [9.17, 15) is 0 Å². The van der Waals surface area contributed by atoms with Crippen LogP contribution in [0, 0.1) is 11.3 Å². The number of methoxy groups -OCH3 is 1. The number of para-hydroxylation sites is 1. The van der Waals surface area contributed by atoms with Gasteiger partial charge in [0.15, 0.2) is 0 Å². The highest BCUT2D eigenvalue weighted by atomic mass is 16.5. The standard InChI is InChI=1S/C14H12N2O/c1-17-14-5-3-2-4-12(14)10-6-7-13(16)11(8-10)9-15/h2-8H,16H2,1H3. The van der Waals surface area contributed by atoms with E-state index in [-0.39, 0.29) is 0 Å². The van der Waals surface area contributed by atoms with Crippen molar-refractivity contribution in [2.75, 3.05) is 12.8 Å². The number of ether oxygens (including phenoxy) is 1. The molecule has 2 N–H and O–H groups in total. The summed E-state index contributed by atoms with van der Waals surface area (Å²) in [4.78, 5) is 0. The van der Waals surface area contributed by atoms with Gasteiger partial charge < -0.3 is 10.5 Å². The van der Waals surface area contributed by atoms with Crippen LogP contribution in [0.25, 0.3) is 11.1 Å². The van der Waals surface area contributed by atoms with E-state index in [1.807, 2.05) is 30.3 Å². The summed E-state index contributed by atoms with van der Waals surface area (Å²) in [5.41, 5.74) is 8.54. The number of nitriles is 1. The molecule has 0 radical (unpaired) electrons. The number of benzene rings is 2. The Morgan fingerprint density at radius 2 is 1.94 bits per heavy atom. The number of nitrogens with two attached hydrogens (primary N) is 1. The molecule has 0 unspecified atom stereocenters. The van der Waals surface area contributed by atoms with E-state index < -0.39 is 0 Å². The van der Waals surface area contributed by atoms with Crippen molar-refractivity contribution >= 4 is 5.69 Å². The number of hydrogen-bond acceptors (Lipinski definition) is 3. The van der Waals surface area contributed by atoms with Crippen LogP contribution in [0.15, 0.2) is 42.5 Å². The molecule has 2 rings (SSSR count). The molecule has 3 heteroatoms. The van der Waals surface area contributed by atoms with Crippen LogP contribution in [-0.4, -0.2) is 7.11 Å². The molecule has 0 aromatic heterocycles. The third-order valence-electron chi connectivity index (χ3n) is 2.59. The summed E-state index contributed by atoms with van der Waals surface area (Å²) in [5.74, 6) is 0.779. The Kier molecular flexibility index (Phi) is 2.97. The van der Waals surface area contributed by atoms with Crippen molar-refractivity contribution in [3.05, 3.63) is 48.0 Å². The van der Waals surface area contributed by atoms with Crippen molar-refractivity contribution in [3.8, 4) is 22.9 Å². The monoisotopic (exact) mass is 224 g/mol. The van der Waals surface area contributed by atoms with E-state index in [1.165, 1.54) is 0 Å². The smallest absolute Gasteiger partial charge is 0.126 e. The molecule has 0 saturated carbocycles. The Balaban J connectivity index is 2.58. The van der Waals surface area contributed by atoms with Gasteiger partial charge in [-0.25, -0.2) is 0 Å². The predicted molar refractivity (Wildman–Crippen MR) is 67.6 cm³/mol. The van der Waals surface area contributed by atoms with Gasteiger partial charge >= 0.3 is 0 Å². The molecule has 0 spiro atoms. The van der Waals surface area contributed by atoms with Crippen LogP contribution in [0.2, 0.25) is 0 Å². The molecule has 0 aliphatic carbocycles. The molecule has 0 amide bonds. The van der Waals surface area contributed by atoms with Crippen LogP contribution in [0.5, 0.6) is 5.75 Å². The summed E-state index contributed by atoms with van der Waals surface area (Å²) in [5, 5.41) is 8.96. The molecule has 0 saturated heterocycles. The molecule has 2 aromatic rings. The maximum atomic E-state index is 8.96. The quantitative estimate of drug-likeness (QED) is 0.798. The van der Waals surface area contributed by atoms with Crippen LogP contribution in [-0.2, 0) is 0 Å². The van der Waals surface area contributed by atoms with E-state index in [0.717, 1.165) is 16.9 Å². The van der Waals surface area contributed by atoms with Crippen LogP contribution < -0.4 is 10.5 Å². The van der Waals surface area contributed by atoms with Crippen LogP contribution in [0.4, 0.5) is 5.69 Å². The van der Waals surface area contributed by atoms with Gasteiger partial charge in [0.05, 0.1) is 12.7 Å². The average Bonchev–Trinajstić information content (AvgIpc) is 2.39. The molecule has 17 heavy (non-hydrogen) atoms. The molecule has 0 bridgehead atoms. The summed E-state index contributed by atoms with van der Waals surface area (Å²) in [6.45, 7) is 0. The fourth-order valence-corrected chi connectivity index (χ4v) is 1.70. The Bertz CT molecular complexity index is 585. The number of hydrogen-bond donors (Lipinski definition) is 1. The molecule has 0 aliphatic rings. The first kappa shape index (κ1) is 11.0. The fourth-order valence-electron chi connectivity index (χ4n) is 1.70. The van der Waals surface area contributed by atoms with E-state index in [1.54, 1.807) is 19.2 Å². The highest BCUT2D eigenvalue weighted by molar-refractivity contribution is 5.74. The zero-order valence-corrected chi connectivity index (χ0v) is 9.47. The van der Waals surface area contributed by atoms with E-state index in [0.29, 0.717) is 11.3 Å². The molecular formula is C14H12N2O. The van der Waals surface area contributed by atoms with Gasteiger partial charge in [-0.05, 0) is 23.8 Å². The minimum Gasteiger partial charge on any atom is -0.496 e. The van der Waals surface area contributed by atoms with Gasteiger partial charge in [-0.15, -0.1) is 0 Å². The zero-order valence-electron chi connectivity index (χ0n) is 9.47. The van der Waals surface area contributed by atoms with Crippen LogP contribution in [0.1, 0.15) is 5.56 Å². The van der Waals surface area contributed by atoms with E-state index in [4.69, 9.17) is 15.7 Å². The lowest BCUT2D eigenvalue weighted by Gasteiger charge is -2.09. The summed E-state index contributed by atoms with van der Waals surface area (Å²) in [7, 11) is 1.63. The zero-order chi connectivity index (χ0) is 12.3.